The first-order valence-corrected chi connectivity index (χ1v) is 10.7. The van der Waals surface area contributed by atoms with Gasteiger partial charge < -0.3 is 14.9 Å². The summed E-state index contributed by atoms with van der Waals surface area (Å²) in [5.41, 5.74) is 2.10. The number of likely N-dealkylation sites (tertiary alicyclic amines) is 1. The molecule has 2 atom stereocenters. The fourth-order valence-corrected chi connectivity index (χ4v) is 4.91. The summed E-state index contributed by atoms with van der Waals surface area (Å²) in [6, 6.07) is 6.48. The van der Waals surface area contributed by atoms with Gasteiger partial charge in [-0.05, 0) is 50.3 Å². The number of anilines is 1. The normalized spacial score (nSPS) is 24.7. The Morgan fingerprint density at radius 3 is 2.66 bits per heavy atom. The number of piperazine rings is 1. The second-order valence-corrected chi connectivity index (χ2v) is 9.09. The first-order chi connectivity index (χ1) is 13.9. The van der Waals surface area contributed by atoms with Gasteiger partial charge in [0.15, 0.2) is 0 Å². The van der Waals surface area contributed by atoms with Crippen LogP contribution in [0.4, 0.5) is 5.82 Å². The van der Waals surface area contributed by atoms with Crippen LogP contribution in [0.5, 0.6) is 0 Å². The molecule has 1 saturated carbocycles. The van der Waals surface area contributed by atoms with Gasteiger partial charge in [-0.15, -0.1) is 0 Å². The topological polar surface area (TPSA) is 69.6 Å². The largest absolute Gasteiger partial charge is 0.389 e. The first kappa shape index (κ1) is 18.8. The third kappa shape index (κ3) is 3.49. The predicted octanol–water partition coefficient (Wildman–Crippen LogP) is 3.20. The molecule has 1 aliphatic carbocycles. The number of nitrogens with zero attached hydrogens (tertiary/aromatic N) is 4. The third-order valence-corrected chi connectivity index (χ3v) is 6.81. The molecule has 7 heteroatoms. The summed E-state index contributed by atoms with van der Waals surface area (Å²) in [6.45, 7) is 3.40. The van der Waals surface area contributed by atoms with Gasteiger partial charge in [-0.3, -0.25) is 9.78 Å². The van der Waals surface area contributed by atoms with Crippen molar-refractivity contribution in [3.63, 3.8) is 0 Å². The molecule has 6 nitrogen and oxygen atoms in total. The second-order valence-electron chi connectivity index (χ2n) is 8.68. The summed E-state index contributed by atoms with van der Waals surface area (Å²) in [4.78, 5) is 26.1. The highest BCUT2D eigenvalue weighted by atomic mass is 35.5. The molecule has 3 aliphatic rings. The maximum absolute atomic E-state index is 12.6. The van der Waals surface area contributed by atoms with Crippen molar-refractivity contribution in [2.75, 3.05) is 18.0 Å². The maximum atomic E-state index is 12.6. The zero-order valence-corrected chi connectivity index (χ0v) is 17.3. The second kappa shape index (κ2) is 6.96. The molecular formula is C22H25ClN4O2. The van der Waals surface area contributed by atoms with Gasteiger partial charge in [-0.2, -0.15) is 0 Å². The van der Waals surface area contributed by atoms with E-state index < -0.39 is 5.60 Å². The van der Waals surface area contributed by atoms with Crippen LogP contribution in [-0.4, -0.2) is 56.7 Å². The molecule has 2 bridgehead atoms. The minimum atomic E-state index is -0.736. The molecule has 0 aromatic carbocycles. The van der Waals surface area contributed by atoms with Crippen LogP contribution in [0, 0.1) is 6.92 Å². The van der Waals surface area contributed by atoms with Crippen molar-refractivity contribution in [2.24, 2.45) is 0 Å². The van der Waals surface area contributed by atoms with Crippen molar-refractivity contribution in [1.29, 1.82) is 0 Å². The first-order valence-electron chi connectivity index (χ1n) is 10.3. The van der Waals surface area contributed by atoms with Crippen LogP contribution < -0.4 is 4.90 Å². The smallest absolute Gasteiger partial charge is 0.225 e. The highest BCUT2D eigenvalue weighted by Gasteiger charge is 2.46. The fourth-order valence-electron chi connectivity index (χ4n) is 4.71. The highest BCUT2D eigenvalue weighted by Crippen LogP contribution is 2.41. The lowest BCUT2D eigenvalue weighted by Crippen LogP contribution is -2.56. The number of rotatable bonds is 4. The Hall–Kier alpha value is -2.18. The number of halogens is 1. The van der Waals surface area contributed by atoms with E-state index in [1.54, 1.807) is 12.4 Å². The van der Waals surface area contributed by atoms with Gasteiger partial charge in [0.1, 0.15) is 5.82 Å². The Morgan fingerprint density at radius 1 is 1.28 bits per heavy atom. The van der Waals surface area contributed by atoms with Gasteiger partial charge in [0.05, 0.1) is 22.7 Å². The van der Waals surface area contributed by atoms with Crippen molar-refractivity contribution in [3.05, 3.63) is 41.2 Å². The van der Waals surface area contributed by atoms with Crippen LogP contribution in [0.15, 0.2) is 30.6 Å². The van der Waals surface area contributed by atoms with Crippen LogP contribution in [0.2, 0.25) is 5.02 Å². The molecule has 0 radical (unpaired) electrons. The molecule has 2 aromatic heterocycles. The lowest BCUT2D eigenvalue weighted by atomic mass is 10.1. The lowest BCUT2D eigenvalue weighted by molar-refractivity contribution is -0.134. The zero-order valence-electron chi connectivity index (χ0n) is 16.5. The van der Waals surface area contributed by atoms with E-state index >= 15 is 0 Å². The summed E-state index contributed by atoms with van der Waals surface area (Å²) in [5.74, 6) is 0.977. The fraction of sp³-hybridized carbons (Fsp3) is 0.500. The third-order valence-electron chi connectivity index (χ3n) is 6.51. The minimum absolute atomic E-state index is 0.0791. The van der Waals surface area contributed by atoms with E-state index in [4.69, 9.17) is 11.6 Å². The van der Waals surface area contributed by atoms with Crippen molar-refractivity contribution >= 4 is 23.3 Å². The molecule has 2 saturated heterocycles. The van der Waals surface area contributed by atoms with Gasteiger partial charge in [0.2, 0.25) is 5.91 Å². The summed E-state index contributed by atoms with van der Waals surface area (Å²) in [7, 11) is 0. The molecule has 29 heavy (non-hydrogen) atoms. The Morgan fingerprint density at radius 2 is 2.00 bits per heavy atom. The maximum Gasteiger partial charge on any atom is 0.225 e. The summed E-state index contributed by atoms with van der Waals surface area (Å²) < 4.78 is 0. The molecule has 2 aromatic rings. The van der Waals surface area contributed by atoms with E-state index in [2.05, 4.69) is 14.9 Å². The van der Waals surface area contributed by atoms with E-state index in [0.717, 1.165) is 48.3 Å². The molecule has 4 heterocycles. The van der Waals surface area contributed by atoms with Gasteiger partial charge in [-0.1, -0.05) is 17.7 Å². The molecule has 0 unspecified atom stereocenters. The van der Waals surface area contributed by atoms with Gasteiger partial charge in [-0.25, -0.2) is 4.98 Å². The van der Waals surface area contributed by atoms with E-state index in [-0.39, 0.29) is 24.4 Å². The van der Waals surface area contributed by atoms with E-state index in [0.29, 0.717) is 18.1 Å². The quantitative estimate of drug-likeness (QED) is 0.835. The Bertz CT molecular complexity index is 948. The number of carbonyl (C=O) groups is 1. The number of aliphatic hydroxyl groups is 1. The average molecular weight is 413 g/mol. The standard InChI is InChI=1S/C22H25ClN4O2/c1-14-3-2-8-24-21(14)17-9-19(25-11-18(17)23)27-15-4-5-16(27)13-26(12-15)20(28)10-22(29)6-7-22/h2-3,8-9,11,15-16,29H,4-7,10,12-13H2,1H3/t15-,16+. The Labute approximate surface area is 175 Å². The van der Waals surface area contributed by atoms with E-state index in [9.17, 15) is 9.90 Å². The molecule has 5 rings (SSSR count). The van der Waals surface area contributed by atoms with Crippen LogP contribution >= 0.6 is 11.6 Å². The van der Waals surface area contributed by atoms with Crippen LogP contribution in [0.1, 0.15) is 37.7 Å². The Balaban J connectivity index is 1.39. The summed E-state index contributed by atoms with van der Waals surface area (Å²) in [5, 5.41) is 10.7. The van der Waals surface area contributed by atoms with Gasteiger partial charge in [0.25, 0.3) is 0 Å². The van der Waals surface area contributed by atoms with Gasteiger partial charge >= 0.3 is 0 Å². The number of carbonyl (C=O) groups excluding carboxylic acids is 1. The van der Waals surface area contributed by atoms with E-state index in [1.165, 1.54) is 0 Å². The zero-order chi connectivity index (χ0) is 20.2. The number of aryl methyl sites for hydroxylation is 1. The SMILES string of the molecule is Cc1cccnc1-c1cc(N2[C@@H]3CC[C@H]2CN(C(=O)CC2(O)CC2)C3)ncc1Cl. The monoisotopic (exact) mass is 412 g/mol. The summed E-state index contributed by atoms with van der Waals surface area (Å²) >= 11 is 6.46. The summed E-state index contributed by atoms with van der Waals surface area (Å²) in [6.07, 6.45) is 7.32. The number of aromatic nitrogens is 2. The molecule has 152 valence electrons. The number of hydrogen-bond donors (Lipinski definition) is 1. The lowest BCUT2D eigenvalue weighted by Gasteiger charge is -2.42. The number of pyridine rings is 2. The van der Waals surface area contributed by atoms with E-state index in [1.807, 2.05) is 30.0 Å². The van der Waals surface area contributed by atoms with Gasteiger partial charge in [0, 0.05) is 43.1 Å². The van der Waals surface area contributed by atoms with Crippen molar-refractivity contribution in [1.82, 2.24) is 14.9 Å². The molecular weight excluding hydrogens is 388 g/mol. The van der Waals surface area contributed by atoms with Crippen LogP contribution in [-0.2, 0) is 4.79 Å². The Kier molecular flexibility index (Phi) is 4.51. The molecule has 2 aliphatic heterocycles. The highest BCUT2D eigenvalue weighted by molar-refractivity contribution is 6.33. The van der Waals surface area contributed by atoms with Crippen molar-refractivity contribution in [2.45, 2.75) is 56.7 Å². The van der Waals surface area contributed by atoms with Crippen LogP contribution in [0.3, 0.4) is 0 Å². The number of hydrogen-bond acceptors (Lipinski definition) is 5. The molecule has 1 amide bonds. The average Bonchev–Trinajstić information content (AvgIpc) is 3.37. The minimum Gasteiger partial charge on any atom is -0.389 e. The molecule has 0 spiro atoms. The predicted molar refractivity (Wildman–Crippen MR) is 112 cm³/mol. The number of fused-ring (bicyclic) bond motifs is 2. The molecule has 1 N–H and O–H groups in total. The number of amides is 1. The molecule has 3 fully saturated rings. The van der Waals surface area contributed by atoms with Crippen molar-refractivity contribution in [3.8, 4) is 11.3 Å². The van der Waals surface area contributed by atoms with Crippen LogP contribution in [0.25, 0.3) is 11.3 Å². The van der Waals surface area contributed by atoms with Crippen molar-refractivity contribution < 1.29 is 9.90 Å².